The number of nitrogen functional groups attached to an aromatic ring is 1. The summed E-state index contributed by atoms with van der Waals surface area (Å²) in [6.07, 6.45) is 3.89. The lowest BCUT2D eigenvalue weighted by Gasteiger charge is -2.06. The molecule has 2 aromatic rings. The van der Waals surface area contributed by atoms with E-state index in [-0.39, 0.29) is 23.1 Å². The predicted octanol–water partition coefficient (Wildman–Crippen LogP) is 1.04. The van der Waals surface area contributed by atoms with Crippen LogP contribution in [0.15, 0.2) is 12.3 Å². The van der Waals surface area contributed by atoms with Crippen molar-refractivity contribution in [3.05, 3.63) is 33.8 Å². The third-order valence-electron chi connectivity index (χ3n) is 3.17. The van der Waals surface area contributed by atoms with Gasteiger partial charge in [-0.1, -0.05) is 0 Å². The molecule has 9 nitrogen and oxygen atoms in total. The van der Waals surface area contributed by atoms with Gasteiger partial charge in [-0.15, -0.1) is 0 Å². The number of rotatable bonds is 4. The molecule has 1 aliphatic carbocycles. The molecule has 0 radical (unpaired) electrons. The minimum atomic E-state index is -0.510. The van der Waals surface area contributed by atoms with Crippen LogP contribution >= 0.6 is 0 Å². The van der Waals surface area contributed by atoms with E-state index in [1.54, 1.807) is 6.20 Å². The molecule has 0 aromatic carbocycles. The zero-order valence-corrected chi connectivity index (χ0v) is 10.8. The highest BCUT2D eigenvalue weighted by molar-refractivity contribution is 5.53. The summed E-state index contributed by atoms with van der Waals surface area (Å²) >= 11 is 0. The topological polar surface area (TPSA) is 125 Å². The van der Waals surface area contributed by atoms with E-state index in [0.717, 1.165) is 18.5 Å². The highest BCUT2D eigenvalue weighted by atomic mass is 16.6. The average molecular weight is 275 g/mol. The smallest absolute Gasteiger partial charge is 0.292 e. The zero-order chi connectivity index (χ0) is 14.3. The number of hydrazine groups is 1. The maximum atomic E-state index is 11.2. The number of anilines is 1. The fourth-order valence-electron chi connectivity index (χ4n) is 2.04. The van der Waals surface area contributed by atoms with E-state index < -0.39 is 4.92 Å². The summed E-state index contributed by atoms with van der Waals surface area (Å²) in [5.41, 5.74) is 3.29. The molecule has 20 heavy (non-hydrogen) atoms. The van der Waals surface area contributed by atoms with E-state index in [0.29, 0.717) is 5.92 Å². The van der Waals surface area contributed by atoms with Crippen LogP contribution in [0.1, 0.15) is 30.1 Å². The van der Waals surface area contributed by atoms with Gasteiger partial charge < -0.3 is 0 Å². The van der Waals surface area contributed by atoms with E-state index in [2.05, 4.69) is 20.5 Å². The Kier molecular flexibility index (Phi) is 2.83. The molecule has 3 rings (SSSR count). The Morgan fingerprint density at radius 1 is 1.50 bits per heavy atom. The SMILES string of the molecule is Cc1nc(NN)nc(-n2ccc(C3CC3)n2)c1[N+](=O)[O-]. The van der Waals surface area contributed by atoms with Gasteiger partial charge in [-0.2, -0.15) is 10.1 Å². The molecule has 1 aliphatic rings. The molecule has 104 valence electrons. The molecule has 0 spiro atoms. The molecule has 0 unspecified atom stereocenters. The Hall–Kier alpha value is -2.55. The molecule has 0 saturated heterocycles. The molecule has 0 bridgehead atoms. The second-order valence-corrected chi connectivity index (χ2v) is 4.67. The van der Waals surface area contributed by atoms with Gasteiger partial charge in [0.1, 0.15) is 5.69 Å². The van der Waals surface area contributed by atoms with Crippen molar-refractivity contribution < 1.29 is 4.92 Å². The van der Waals surface area contributed by atoms with Crippen LogP contribution in [-0.4, -0.2) is 24.7 Å². The maximum absolute atomic E-state index is 11.2. The minimum absolute atomic E-state index is 0.113. The van der Waals surface area contributed by atoms with Crippen LogP contribution in [0, 0.1) is 17.0 Å². The van der Waals surface area contributed by atoms with Gasteiger partial charge in [-0.25, -0.2) is 15.5 Å². The molecule has 1 fully saturated rings. The molecule has 2 aromatic heterocycles. The number of aromatic nitrogens is 4. The van der Waals surface area contributed by atoms with Gasteiger partial charge in [-0.3, -0.25) is 15.5 Å². The summed E-state index contributed by atoms with van der Waals surface area (Å²) in [6.45, 7) is 1.54. The van der Waals surface area contributed by atoms with E-state index in [9.17, 15) is 10.1 Å². The fraction of sp³-hybridized carbons (Fsp3) is 0.364. The van der Waals surface area contributed by atoms with Crippen LogP contribution in [0.2, 0.25) is 0 Å². The summed E-state index contributed by atoms with van der Waals surface area (Å²) in [6, 6.07) is 1.86. The van der Waals surface area contributed by atoms with Gasteiger partial charge in [0.2, 0.25) is 11.8 Å². The van der Waals surface area contributed by atoms with Crippen molar-refractivity contribution in [2.75, 3.05) is 5.43 Å². The number of nitro groups is 1. The quantitative estimate of drug-likeness (QED) is 0.485. The summed E-state index contributed by atoms with van der Waals surface area (Å²) < 4.78 is 1.40. The third kappa shape index (κ3) is 2.07. The van der Waals surface area contributed by atoms with Crippen LogP contribution in [0.4, 0.5) is 11.6 Å². The van der Waals surface area contributed by atoms with Crippen molar-refractivity contribution in [1.29, 1.82) is 0 Å². The van der Waals surface area contributed by atoms with Gasteiger partial charge in [0.05, 0.1) is 10.6 Å². The Bertz CT molecular complexity index is 677. The summed E-state index contributed by atoms with van der Waals surface area (Å²) in [7, 11) is 0. The Balaban J connectivity index is 2.13. The number of aryl methyl sites for hydroxylation is 1. The van der Waals surface area contributed by atoms with Gasteiger partial charge in [0, 0.05) is 12.1 Å². The Morgan fingerprint density at radius 3 is 2.85 bits per heavy atom. The third-order valence-corrected chi connectivity index (χ3v) is 3.17. The first-order chi connectivity index (χ1) is 9.60. The Labute approximate surface area is 114 Å². The van der Waals surface area contributed by atoms with Gasteiger partial charge in [0.15, 0.2) is 0 Å². The molecule has 0 atom stereocenters. The molecular weight excluding hydrogens is 262 g/mol. The van der Waals surface area contributed by atoms with Crippen molar-refractivity contribution in [2.24, 2.45) is 5.84 Å². The van der Waals surface area contributed by atoms with Crippen molar-refractivity contribution in [1.82, 2.24) is 19.7 Å². The highest BCUT2D eigenvalue weighted by Crippen LogP contribution is 2.39. The summed E-state index contributed by atoms with van der Waals surface area (Å²) in [5.74, 6) is 5.97. The first kappa shape index (κ1) is 12.5. The summed E-state index contributed by atoms with van der Waals surface area (Å²) in [4.78, 5) is 18.7. The number of nitrogens with one attached hydrogen (secondary N) is 1. The fourth-order valence-corrected chi connectivity index (χ4v) is 2.04. The van der Waals surface area contributed by atoms with Crippen molar-refractivity contribution in [2.45, 2.75) is 25.7 Å². The first-order valence-corrected chi connectivity index (χ1v) is 6.15. The van der Waals surface area contributed by atoms with E-state index in [4.69, 9.17) is 5.84 Å². The first-order valence-electron chi connectivity index (χ1n) is 6.15. The van der Waals surface area contributed by atoms with Crippen LogP contribution in [0.25, 0.3) is 5.82 Å². The molecular formula is C11H13N7O2. The molecule has 0 amide bonds. The second-order valence-electron chi connectivity index (χ2n) is 4.67. The maximum Gasteiger partial charge on any atom is 0.334 e. The molecule has 3 N–H and O–H groups in total. The standard InChI is InChI=1S/C11H13N7O2/c1-6-9(18(19)20)10(14-11(13-6)15-12)17-5-4-8(16-17)7-2-3-7/h4-5,7H,2-3,12H2,1H3,(H,13,14,15). The summed E-state index contributed by atoms with van der Waals surface area (Å²) in [5, 5.41) is 15.6. The van der Waals surface area contributed by atoms with Crippen molar-refractivity contribution >= 4 is 11.6 Å². The van der Waals surface area contributed by atoms with E-state index in [1.165, 1.54) is 11.6 Å². The van der Waals surface area contributed by atoms with Crippen LogP contribution in [0.3, 0.4) is 0 Å². The lowest BCUT2D eigenvalue weighted by molar-refractivity contribution is -0.385. The van der Waals surface area contributed by atoms with E-state index >= 15 is 0 Å². The second kappa shape index (κ2) is 4.53. The highest BCUT2D eigenvalue weighted by Gasteiger charge is 2.28. The minimum Gasteiger partial charge on any atom is -0.292 e. The number of hydrogen-bond acceptors (Lipinski definition) is 7. The molecule has 2 heterocycles. The number of hydrogen-bond donors (Lipinski definition) is 2. The van der Waals surface area contributed by atoms with Gasteiger partial charge in [-0.05, 0) is 25.8 Å². The monoisotopic (exact) mass is 275 g/mol. The van der Waals surface area contributed by atoms with Gasteiger partial charge in [0.25, 0.3) is 0 Å². The zero-order valence-electron chi connectivity index (χ0n) is 10.8. The van der Waals surface area contributed by atoms with Crippen molar-refractivity contribution in [3.8, 4) is 5.82 Å². The Morgan fingerprint density at radius 2 is 2.25 bits per heavy atom. The van der Waals surface area contributed by atoms with Gasteiger partial charge >= 0.3 is 5.69 Å². The van der Waals surface area contributed by atoms with E-state index in [1.807, 2.05) is 6.07 Å². The number of nitrogens with two attached hydrogens (primary N) is 1. The lowest BCUT2D eigenvalue weighted by Crippen LogP contribution is -2.15. The largest absolute Gasteiger partial charge is 0.334 e. The molecule has 0 aliphatic heterocycles. The van der Waals surface area contributed by atoms with Crippen LogP contribution in [-0.2, 0) is 0 Å². The molecule has 1 saturated carbocycles. The number of nitrogens with zero attached hydrogens (tertiary/aromatic N) is 5. The normalized spacial score (nSPS) is 14.3. The predicted molar refractivity (Wildman–Crippen MR) is 70.3 cm³/mol. The average Bonchev–Trinajstić information content (AvgIpc) is 3.15. The lowest BCUT2D eigenvalue weighted by atomic mass is 10.3. The van der Waals surface area contributed by atoms with Crippen molar-refractivity contribution in [3.63, 3.8) is 0 Å². The molecule has 9 heteroatoms. The van der Waals surface area contributed by atoms with Crippen LogP contribution < -0.4 is 11.3 Å². The van der Waals surface area contributed by atoms with Crippen LogP contribution in [0.5, 0.6) is 0 Å².